The summed E-state index contributed by atoms with van der Waals surface area (Å²) in [5.74, 6) is -0.811. The number of hydrogen-bond acceptors (Lipinski definition) is 8. The van der Waals surface area contributed by atoms with E-state index < -0.39 is 26.5 Å². The Morgan fingerprint density at radius 1 is 0.356 bits per heavy atom. The second kappa shape index (κ2) is 72.3. The number of nitrogens with two attached hydrogens (primary N) is 1. The Morgan fingerprint density at radius 3 is 0.954 bits per heavy atom. The highest BCUT2D eigenvalue weighted by molar-refractivity contribution is 7.47. The van der Waals surface area contributed by atoms with Crippen molar-refractivity contribution in [3.05, 3.63) is 85.1 Å². The lowest BCUT2D eigenvalue weighted by Crippen LogP contribution is -2.29. The van der Waals surface area contributed by atoms with Gasteiger partial charge in [0.2, 0.25) is 0 Å². The number of carbonyl (C=O) groups is 2. The van der Waals surface area contributed by atoms with Gasteiger partial charge in [0.15, 0.2) is 6.10 Å². The Hall–Kier alpha value is -2.81. The summed E-state index contributed by atoms with van der Waals surface area (Å²) < 4.78 is 33.2. The van der Waals surface area contributed by atoms with Crippen molar-refractivity contribution in [2.24, 2.45) is 5.73 Å². The van der Waals surface area contributed by atoms with Gasteiger partial charge >= 0.3 is 19.8 Å². The first kappa shape index (κ1) is 84.2. The molecule has 0 aromatic rings. The van der Waals surface area contributed by atoms with E-state index in [2.05, 4.69) is 98.9 Å². The molecular weight excluding hydrogens is 1100 g/mol. The molecule has 0 saturated heterocycles. The van der Waals surface area contributed by atoms with Crippen LogP contribution in [0, 0.1) is 0 Å². The third kappa shape index (κ3) is 72.1. The van der Waals surface area contributed by atoms with Crippen molar-refractivity contribution in [3.63, 3.8) is 0 Å². The average molecular weight is 1240 g/mol. The van der Waals surface area contributed by atoms with Crippen LogP contribution >= 0.6 is 7.82 Å². The smallest absolute Gasteiger partial charge is 0.462 e. The van der Waals surface area contributed by atoms with Crippen LogP contribution in [0.2, 0.25) is 0 Å². The van der Waals surface area contributed by atoms with Crippen LogP contribution in [0.5, 0.6) is 0 Å². The molecule has 0 spiro atoms. The van der Waals surface area contributed by atoms with E-state index in [1.54, 1.807) is 0 Å². The van der Waals surface area contributed by atoms with E-state index >= 15 is 0 Å². The Labute approximate surface area is 538 Å². The molecule has 0 aliphatic rings. The van der Waals surface area contributed by atoms with Crippen molar-refractivity contribution >= 4 is 19.8 Å². The van der Waals surface area contributed by atoms with E-state index in [9.17, 15) is 19.0 Å². The molecule has 0 aliphatic carbocycles. The maximum atomic E-state index is 12.8. The summed E-state index contributed by atoms with van der Waals surface area (Å²) >= 11 is 0. The van der Waals surface area contributed by atoms with Crippen LogP contribution in [0.25, 0.3) is 0 Å². The summed E-state index contributed by atoms with van der Waals surface area (Å²) in [4.78, 5) is 35.4. The molecule has 506 valence electrons. The van der Waals surface area contributed by atoms with Crippen LogP contribution in [-0.2, 0) is 32.7 Å². The molecule has 2 unspecified atom stereocenters. The molecule has 0 aromatic carbocycles. The third-order valence-corrected chi connectivity index (χ3v) is 17.2. The predicted molar refractivity (Wildman–Crippen MR) is 376 cm³/mol. The zero-order valence-electron chi connectivity index (χ0n) is 57.0. The fourth-order valence-electron chi connectivity index (χ4n) is 10.8. The Balaban J connectivity index is 3.82. The predicted octanol–water partition coefficient (Wildman–Crippen LogP) is 24.5. The summed E-state index contributed by atoms with van der Waals surface area (Å²) in [6.07, 6.45) is 96.9. The maximum Gasteiger partial charge on any atom is 0.472 e. The van der Waals surface area contributed by atoms with Crippen LogP contribution < -0.4 is 5.73 Å². The van der Waals surface area contributed by atoms with Crippen LogP contribution in [0.3, 0.4) is 0 Å². The van der Waals surface area contributed by atoms with Crippen LogP contribution in [0.4, 0.5) is 0 Å². The summed E-state index contributed by atoms with van der Waals surface area (Å²) in [5, 5.41) is 0. The van der Waals surface area contributed by atoms with Gasteiger partial charge in [-0.1, -0.05) is 343 Å². The van der Waals surface area contributed by atoms with Gasteiger partial charge in [0.05, 0.1) is 13.2 Å². The molecule has 10 heteroatoms. The molecular formula is C77H140NO8P. The summed E-state index contributed by atoms with van der Waals surface area (Å²) in [6, 6.07) is 0. The van der Waals surface area contributed by atoms with Crippen LogP contribution in [-0.4, -0.2) is 49.3 Å². The van der Waals surface area contributed by atoms with Crippen molar-refractivity contribution in [3.8, 4) is 0 Å². The average Bonchev–Trinajstić information content (AvgIpc) is 3.65. The zero-order chi connectivity index (χ0) is 63.0. The minimum Gasteiger partial charge on any atom is -0.462 e. The van der Waals surface area contributed by atoms with Gasteiger partial charge in [0, 0.05) is 19.4 Å². The van der Waals surface area contributed by atoms with E-state index in [0.29, 0.717) is 6.42 Å². The maximum absolute atomic E-state index is 12.8. The van der Waals surface area contributed by atoms with Gasteiger partial charge in [-0.15, -0.1) is 0 Å². The number of hydrogen-bond donors (Lipinski definition) is 2. The van der Waals surface area contributed by atoms with Gasteiger partial charge in [-0.25, -0.2) is 4.57 Å². The number of phosphoric ester groups is 1. The monoisotopic (exact) mass is 1240 g/mol. The van der Waals surface area contributed by atoms with Crippen molar-refractivity contribution in [2.75, 3.05) is 26.4 Å². The highest BCUT2D eigenvalue weighted by Gasteiger charge is 2.26. The second-order valence-corrected chi connectivity index (χ2v) is 26.2. The summed E-state index contributed by atoms with van der Waals surface area (Å²) in [5.41, 5.74) is 5.41. The number of ether oxygens (including phenoxy) is 2. The minimum atomic E-state index is -4.40. The largest absolute Gasteiger partial charge is 0.472 e. The molecule has 0 heterocycles. The number of unbranched alkanes of at least 4 members (excludes halogenated alkanes) is 43. The van der Waals surface area contributed by atoms with E-state index in [0.717, 1.165) is 77.0 Å². The molecule has 2 atom stereocenters. The lowest BCUT2D eigenvalue weighted by Gasteiger charge is -2.19. The highest BCUT2D eigenvalue weighted by atomic mass is 31.2. The lowest BCUT2D eigenvalue weighted by atomic mass is 10.0. The molecule has 3 N–H and O–H groups in total. The normalized spacial score (nSPS) is 13.4. The fraction of sp³-hybridized carbons (Fsp3) is 0.792. The standard InChI is InChI=1S/C77H140NO8P/c1-3-5-7-9-11-13-15-17-19-21-23-25-27-29-31-33-34-35-36-37-38-39-40-42-44-46-48-50-52-54-56-58-60-62-64-66-68-70-77(80)86-75(74-85-87(81,82)84-72-71-78)73-83-76(79)69-67-65-63-61-59-57-55-53-51-49-47-45-43-41-32-30-28-26-24-22-20-18-16-14-12-10-8-6-4-2/h5,7,11,13,17,19,22-25,29,31,34-35,75H,3-4,6,8-10,12,14-16,18,20-21,26-28,30,32-33,36-74,78H2,1-2H3,(H,81,82)/b7-5-,13-11-,19-17-,24-22-,25-23-,31-29-,35-34-. The molecule has 0 aromatic heterocycles. The fourth-order valence-corrected chi connectivity index (χ4v) is 11.6. The molecule has 0 amide bonds. The van der Waals surface area contributed by atoms with E-state index in [1.807, 2.05) is 0 Å². The molecule has 0 fully saturated rings. The molecule has 87 heavy (non-hydrogen) atoms. The van der Waals surface area contributed by atoms with Gasteiger partial charge in [0.1, 0.15) is 6.61 Å². The Morgan fingerprint density at radius 2 is 0.632 bits per heavy atom. The van der Waals surface area contributed by atoms with E-state index in [-0.39, 0.29) is 38.6 Å². The van der Waals surface area contributed by atoms with E-state index in [4.69, 9.17) is 24.3 Å². The van der Waals surface area contributed by atoms with Crippen LogP contribution in [0.15, 0.2) is 85.1 Å². The van der Waals surface area contributed by atoms with Gasteiger partial charge in [0.25, 0.3) is 0 Å². The van der Waals surface area contributed by atoms with Crippen LogP contribution in [0.1, 0.15) is 361 Å². The van der Waals surface area contributed by atoms with Crippen molar-refractivity contribution in [1.29, 1.82) is 0 Å². The van der Waals surface area contributed by atoms with Gasteiger partial charge in [-0.05, 0) is 89.9 Å². The number of esters is 2. The molecule has 0 radical (unpaired) electrons. The first-order chi connectivity index (χ1) is 42.8. The minimum absolute atomic E-state index is 0.0535. The molecule has 0 saturated carbocycles. The van der Waals surface area contributed by atoms with Crippen molar-refractivity contribution in [1.82, 2.24) is 0 Å². The van der Waals surface area contributed by atoms with Crippen molar-refractivity contribution < 1.29 is 37.6 Å². The number of rotatable bonds is 70. The third-order valence-electron chi connectivity index (χ3n) is 16.3. The van der Waals surface area contributed by atoms with Gasteiger partial charge < -0.3 is 20.1 Å². The number of carbonyl (C=O) groups excluding carboxylic acids is 2. The molecule has 0 bridgehead atoms. The number of phosphoric acid groups is 1. The quantitative estimate of drug-likeness (QED) is 0.0264. The SMILES string of the molecule is CC/C=C\C/C=C\C/C=C\C/C=C\C/C=C\C/C=C\CCCCCCCCCCCCCCCCCCCCC(=O)OC(COC(=O)CCCCCCCCCCCCCCCCCCC/C=C\CCCCCCCCCC)COP(=O)(O)OCCN. The molecule has 0 aliphatic heterocycles. The molecule has 0 rings (SSSR count). The lowest BCUT2D eigenvalue weighted by molar-refractivity contribution is -0.161. The first-order valence-corrected chi connectivity index (χ1v) is 38.6. The topological polar surface area (TPSA) is 134 Å². The summed E-state index contributed by atoms with van der Waals surface area (Å²) in [6.45, 7) is 3.69. The second-order valence-electron chi connectivity index (χ2n) is 24.8. The van der Waals surface area contributed by atoms with Gasteiger partial charge in [-0.3, -0.25) is 18.6 Å². The number of allylic oxidation sites excluding steroid dienone is 14. The Kier molecular flexibility index (Phi) is 69.9. The van der Waals surface area contributed by atoms with E-state index in [1.165, 1.54) is 250 Å². The van der Waals surface area contributed by atoms with Gasteiger partial charge in [-0.2, -0.15) is 0 Å². The highest BCUT2D eigenvalue weighted by Crippen LogP contribution is 2.43. The first-order valence-electron chi connectivity index (χ1n) is 37.1. The Bertz CT molecular complexity index is 1700. The molecule has 9 nitrogen and oxygen atoms in total. The summed E-state index contributed by atoms with van der Waals surface area (Å²) in [7, 11) is -4.40. The zero-order valence-corrected chi connectivity index (χ0v) is 57.9. The van der Waals surface area contributed by atoms with Crippen molar-refractivity contribution in [2.45, 2.75) is 367 Å².